The Morgan fingerprint density at radius 1 is 1.03 bits per heavy atom. The molecule has 0 bridgehead atoms. The fourth-order valence-electron chi connectivity index (χ4n) is 2.80. The summed E-state index contributed by atoms with van der Waals surface area (Å²) in [5, 5.41) is 7.77. The van der Waals surface area contributed by atoms with Gasteiger partial charge in [0.25, 0.3) is 5.91 Å². The van der Waals surface area contributed by atoms with Gasteiger partial charge in [0.05, 0.1) is 19.2 Å². The van der Waals surface area contributed by atoms with Crippen molar-refractivity contribution < 1.29 is 23.9 Å². The summed E-state index contributed by atoms with van der Waals surface area (Å²) in [5.74, 6) is -2.73. The van der Waals surface area contributed by atoms with E-state index in [1.807, 2.05) is 13.8 Å². The maximum absolute atomic E-state index is 12.5. The van der Waals surface area contributed by atoms with Gasteiger partial charge in [-0.1, -0.05) is 63.6 Å². The standard InChI is InChI=1S/C23H33N3O5/c1-5-7-14-31-23(30)20(17-12-9-8-10-13-17)26-19(27)15-24-22(29)21(28)18(11-6-2)25-16(3)4/h8-10,12-13,18,20,25H,3,5-7,11,14-15H2,1-2,4H3,(H,24,29)(H,26,27). The first-order valence-electron chi connectivity index (χ1n) is 10.5. The summed E-state index contributed by atoms with van der Waals surface area (Å²) in [4.78, 5) is 49.4. The summed E-state index contributed by atoms with van der Waals surface area (Å²) >= 11 is 0. The van der Waals surface area contributed by atoms with Crippen molar-refractivity contribution in [2.75, 3.05) is 13.2 Å². The van der Waals surface area contributed by atoms with E-state index in [9.17, 15) is 19.2 Å². The van der Waals surface area contributed by atoms with Crippen LogP contribution in [-0.4, -0.2) is 42.8 Å². The van der Waals surface area contributed by atoms with Gasteiger partial charge in [0.1, 0.15) is 0 Å². The van der Waals surface area contributed by atoms with Crippen LogP contribution in [0.25, 0.3) is 0 Å². The molecule has 0 aromatic heterocycles. The maximum atomic E-state index is 12.5. The van der Waals surface area contributed by atoms with Crippen molar-refractivity contribution in [2.45, 2.75) is 58.5 Å². The second kappa shape index (κ2) is 14.0. The summed E-state index contributed by atoms with van der Waals surface area (Å²) in [6, 6.07) is 6.99. The van der Waals surface area contributed by atoms with Gasteiger partial charge in [-0.3, -0.25) is 14.4 Å². The normalized spacial score (nSPS) is 12.2. The van der Waals surface area contributed by atoms with E-state index in [1.165, 1.54) is 0 Å². The van der Waals surface area contributed by atoms with Crippen LogP contribution in [0.2, 0.25) is 0 Å². The SMILES string of the molecule is C=C(C)NC(CCC)C(=O)C(=O)NCC(=O)NC(C(=O)OCCCC)c1ccccc1. The molecule has 0 heterocycles. The van der Waals surface area contributed by atoms with Gasteiger partial charge in [0.15, 0.2) is 6.04 Å². The number of rotatable bonds is 14. The van der Waals surface area contributed by atoms with Crippen molar-refractivity contribution in [1.82, 2.24) is 16.0 Å². The third-order valence-electron chi connectivity index (χ3n) is 4.36. The molecule has 0 spiro atoms. The lowest BCUT2D eigenvalue weighted by Crippen LogP contribution is -2.48. The number of carbonyl (C=O) groups excluding carboxylic acids is 4. The van der Waals surface area contributed by atoms with E-state index in [2.05, 4.69) is 22.5 Å². The van der Waals surface area contributed by atoms with Crippen LogP contribution in [0.4, 0.5) is 0 Å². The number of nitrogens with one attached hydrogen (secondary N) is 3. The molecule has 0 aliphatic rings. The van der Waals surface area contributed by atoms with E-state index in [4.69, 9.17) is 4.74 Å². The highest BCUT2D eigenvalue weighted by molar-refractivity contribution is 6.38. The summed E-state index contributed by atoms with van der Waals surface area (Å²) in [6.45, 7) is 9.08. The van der Waals surface area contributed by atoms with Gasteiger partial charge in [-0.25, -0.2) is 4.79 Å². The molecule has 31 heavy (non-hydrogen) atoms. The monoisotopic (exact) mass is 431 g/mol. The zero-order valence-electron chi connectivity index (χ0n) is 18.5. The first kappa shape index (κ1) is 25.9. The zero-order valence-corrected chi connectivity index (χ0v) is 18.5. The van der Waals surface area contributed by atoms with Gasteiger partial charge in [-0.2, -0.15) is 0 Å². The minimum atomic E-state index is -1.00. The van der Waals surface area contributed by atoms with Crippen molar-refractivity contribution in [3.63, 3.8) is 0 Å². The number of ether oxygens (including phenoxy) is 1. The van der Waals surface area contributed by atoms with E-state index >= 15 is 0 Å². The molecular formula is C23H33N3O5. The topological polar surface area (TPSA) is 114 Å². The first-order chi connectivity index (χ1) is 14.8. The molecule has 0 fully saturated rings. The molecule has 2 atom stereocenters. The van der Waals surface area contributed by atoms with E-state index in [-0.39, 0.29) is 6.61 Å². The van der Waals surface area contributed by atoms with Gasteiger partial charge in [0, 0.05) is 5.70 Å². The summed E-state index contributed by atoms with van der Waals surface area (Å²) < 4.78 is 5.25. The number of hydrogen-bond donors (Lipinski definition) is 3. The van der Waals surface area contributed by atoms with Crippen LogP contribution in [0.1, 0.15) is 58.1 Å². The Hall–Kier alpha value is -3.16. The quantitative estimate of drug-likeness (QED) is 0.236. The van der Waals surface area contributed by atoms with E-state index < -0.39 is 42.2 Å². The van der Waals surface area contributed by atoms with Crippen LogP contribution in [0.3, 0.4) is 0 Å². The maximum Gasteiger partial charge on any atom is 0.333 e. The summed E-state index contributed by atoms with van der Waals surface area (Å²) in [6.07, 6.45) is 2.75. The van der Waals surface area contributed by atoms with Crippen molar-refractivity contribution in [2.24, 2.45) is 0 Å². The highest BCUT2D eigenvalue weighted by Gasteiger charge is 2.27. The largest absolute Gasteiger partial charge is 0.464 e. The molecule has 1 aromatic carbocycles. The minimum Gasteiger partial charge on any atom is -0.464 e. The Kier molecular flexibility index (Phi) is 11.6. The molecule has 0 radical (unpaired) electrons. The fourth-order valence-corrected chi connectivity index (χ4v) is 2.80. The van der Waals surface area contributed by atoms with Crippen molar-refractivity contribution in [3.8, 4) is 0 Å². The lowest BCUT2D eigenvalue weighted by molar-refractivity contribution is -0.148. The van der Waals surface area contributed by atoms with E-state index in [1.54, 1.807) is 37.3 Å². The molecule has 170 valence electrons. The smallest absolute Gasteiger partial charge is 0.333 e. The number of esters is 1. The van der Waals surface area contributed by atoms with Crippen molar-refractivity contribution in [3.05, 3.63) is 48.2 Å². The number of unbranched alkanes of at least 4 members (excludes halogenated alkanes) is 1. The van der Waals surface area contributed by atoms with Gasteiger partial charge in [-0.15, -0.1) is 0 Å². The Bertz CT molecular complexity index is 764. The lowest BCUT2D eigenvalue weighted by atomic mass is 10.1. The molecule has 0 aliphatic heterocycles. The first-order valence-corrected chi connectivity index (χ1v) is 10.5. The average molecular weight is 432 g/mol. The molecule has 1 rings (SSSR count). The molecule has 2 unspecified atom stereocenters. The lowest BCUT2D eigenvalue weighted by Gasteiger charge is -2.19. The van der Waals surface area contributed by atoms with Crippen LogP contribution < -0.4 is 16.0 Å². The molecule has 8 nitrogen and oxygen atoms in total. The van der Waals surface area contributed by atoms with Crippen molar-refractivity contribution in [1.29, 1.82) is 0 Å². The van der Waals surface area contributed by atoms with Crippen LogP contribution in [0.5, 0.6) is 0 Å². The number of carbonyl (C=O) groups is 4. The number of amides is 2. The van der Waals surface area contributed by atoms with Gasteiger partial charge in [0.2, 0.25) is 11.7 Å². The Labute approximate surface area is 183 Å². The van der Waals surface area contributed by atoms with Crippen LogP contribution in [0, 0.1) is 0 Å². The second-order valence-electron chi connectivity index (χ2n) is 7.25. The molecule has 8 heteroatoms. The molecule has 1 aromatic rings. The summed E-state index contributed by atoms with van der Waals surface area (Å²) in [5.41, 5.74) is 1.14. The number of benzene rings is 1. The Balaban J connectivity index is 2.72. The third-order valence-corrected chi connectivity index (χ3v) is 4.36. The summed E-state index contributed by atoms with van der Waals surface area (Å²) in [7, 11) is 0. The predicted octanol–water partition coefficient (Wildman–Crippen LogP) is 2.16. The number of Topliss-reactive ketones (excluding diaryl/α,β-unsaturated/α-hetero) is 1. The molecule has 0 saturated carbocycles. The van der Waals surface area contributed by atoms with E-state index in [0.29, 0.717) is 24.1 Å². The van der Waals surface area contributed by atoms with Crippen molar-refractivity contribution >= 4 is 23.6 Å². The molecule has 0 aliphatic carbocycles. The highest BCUT2D eigenvalue weighted by Crippen LogP contribution is 2.14. The minimum absolute atomic E-state index is 0.258. The highest BCUT2D eigenvalue weighted by atomic mass is 16.5. The Morgan fingerprint density at radius 2 is 1.71 bits per heavy atom. The predicted molar refractivity (Wildman–Crippen MR) is 118 cm³/mol. The van der Waals surface area contributed by atoms with Crippen LogP contribution in [0.15, 0.2) is 42.6 Å². The molecule has 0 saturated heterocycles. The molecule has 3 N–H and O–H groups in total. The van der Waals surface area contributed by atoms with Gasteiger partial charge in [-0.05, 0) is 25.3 Å². The molecule has 2 amide bonds. The fraction of sp³-hybridized carbons (Fsp3) is 0.478. The van der Waals surface area contributed by atoms with Crippen LogP contribution in [-0.2, 0) is 23.9 Å². The van der Waals surface area contributed by atoms with Gasteiger partial charge >= 0.3 is 5.97 Å². The van der Waals surface area contributed by atoms with Gasteiger partial charge < -0.3 is 20.7 Å². The Morgan fingerprint density at radius 3 is 2.29 bits per heavy atom. The van der Waals surface area contributed by atoms with E-state index in [0.717, 1.165) is 12.8 Å². The third kappa shape index (κ3) is 9.46. The molecular weight excluding hydrogens is 398 g/mol. The van der Waals surface area contributed by atoms with Crippen LogP contribution >= 0.6 is 0 Å². The number of ketones is 1. The zero-order chi connectivity index (χ0) is 23.2. The number of allylic oxidation sites excluding steroid dienone is 1. The average Bonchev–Trinajstić information content (AvgIpc) is 2.75. The number of hydrogen-bond acceptors (Lipinski definition) is 6. The second-order valence-corrected chi connectivity index (χ2v) is 7.25.